The molecule has 0 amide bonds. The number of sulfonamides is 1. The van der Waals surface area contributed by atoms with Crippen LogP contribution in [0.5, 0.6) is 0 Å². The molecule has 1 aromatic rings. The van der Waals surface area contributed by atoms with Gasteiger partial charge in [-0.15, -0.1) is 12.3 Å². The minimum absolute atomic E-state index is 0.147. The normalized spacial score (nSPS) is 12.7. The number of hydrogen-bond donors (Lipinski definition) is 1. The molecule has 0 aliphatic heterocycles. The predicted molar refractivity (Wildman–Crippen MR) is 66.3 cm³/mol. The lowest BCUT2D eigenvalue weighted by molar-refractivity contribution is -0.385. The van der Waals surface area contributed by atoms with Crippen molar-refractivity contribution in [2.24, 2.45) is 0 Å². The van der Waals surface area contributed by atoms with Crippen molar-refractivity contribution in [2.45, 2.75) is 24.3 Å². The smallest absolute Gasteiger partial charge is 0.258 e. The van der Waals surface area contributed by atoms with Crippen LogP contribution in [0.15, 0.2) is 23.1 Å². The van der Waals surface area contributed by atoms with Crippen LogP contribution >= 0.6 is 0 Å². The zero-order valence-corrected chi connectivity index (χ0v) is 10.8. The molecule has 6 nitrogen and oxygen atoms in total. The fourth-order valence-electron chi connectivity index (χ4n) is 1.37. The Morgan fingerprint density at radius 3 is 2.68 bits per heavy atom. The van der Waals surface area contributed by atoms with E-state index in [1.165, 1.54) is 6.92 Å². The second kappa shape index (κ2) is 5.77. The van der Waals surface area contributed by atoms with Gasteiger partial charge in [0.1, 0.15) is 10.7 Å². The molecule has 19 heavy (non-hydrogen) atoms. The first-order valence-corrected chi connectivity index (χ1v) is 6.66. The molecule has 1 unspecified atom stereocenters. The minimum atomic E-state index is -4.10. The molecular formula is C11H11FN2O4S. The third kappa shape index (κ3) is 3.74. The first-order valence-electron chi connectivity index (χ1n) is 5.17. The molecule has 0 aliphatic carbocycles. The lowest BCUT2D eigenvalue weighted by atomic mass is 10.3. The van der Waals surface area contributed by atoms with Crippen molar-refractivity contribution in [3.8, 4) is 12.3 Å². The Morgan fingerprint density at radius 2 is 2.21 bits per heavy atom. The average Bonchev–Trinajstić information content (AvgIpc) is 2.27. The summed E-state index contributed by atoms with van der Waals surface area (Å²) in [7, 11) is -4.10. The van der Waals surface area contributed by atoms with Gasteiger partial charge in [0.2, 0.25) is 10.0 Å². The summed E-state index contributed by atoms with van der Waals surface area (Å²) in [6, 6.07) is 1.76. The average molecular weight is 286 g/mol. The number of benzene rings is 1. The molecule has 1 atom stereocenters. The summed E-state index contributed by atoms with van der Waals surface area (Å²) >= 11 is 0. The highest BCUT2D eigenvalue weighted by atomic mass is 32.2. The lowest BCUT2D eigenvalue weighted by Crippen LogP contribution is -2.32. The lowest BCUT2D eigenvalue weighted by Gasteiger charge is -2.12. The van der Waals surface area contributed by atoms with E-state index in [4.69, 9.17) is 6.42 Å². The Bertz CT molecular complexity index is 637. The van der Waals surface area contributed by atoms with Crippen molar-refractivity contribution >= 4 is 15.7 Å². The van der Waals surface area contributed by atoms with Crippen molar-refractivity contribution < 1.29 is 17.7 Å². The molecule has 0 aliphatic rings. The van der Waals surface area contributed by atoms with Crippen molar-refractivity contribution in [3.05, 3.63) is 34.1 Å². The summed E-state index contributed by atoms with van der Waals surface area (Å²) in [5.74, 6) is 1.08. The highest BCUT2D eigenvalue weighted by molar-refractivity contribution is 7.89. The zero-order chi connectivity index (χ0) is 14.6. The number of nitro groups is 1. The van der Waals surface area contributed by atoms with Crippen molar-refractivity contribution in [1.82, 2.24) is 4.72 Å². The van der Waals surface area contributed by atoms with Crippen LogP contribution in [0.1, 0.15) is 13.3 Å². The van der Waals surface area contributed by atoms with Crippen molar-refractivity contribution in [2.75, 3.05) is 0 Å². The molecule has 1 rings (SSSR count). The fraction of sp³-hybridized carbons (Fsp3) is 0.273. The van der Waals surface area contributed by atoms with Gasteiger partial charge in [-0.1, -0.05) is 0 Å². The molecule has 0 bridgehead atoms. The van der Waals surface area contributed by atoms with E-state index in [9.17, 15) is 22.9 Å². The zero-order valence-electron chi connectivity index (χ0n) is 9.96. The quantitative estimate of drug-likeness (QED) is 0.503. The maximum absolute atomic E-state index is 13.6. The largest absolute Gasteiger partial charge is 0.272 e. The Balaban J connectivity index is 3.09. The van der Waals surface area contributed by atoms with Gasteiger partial charge in [-0.3, -0.25) is 10.1 Å². The maximum atomic E-state index is 13.6. The molecule has 0 heterocycles. The number of nitrogens with one attached hydrogen (secondary N) is 1. The van der Waals surface area contributed by atoms with E-state index in [0.717, 1.165) is 12.1 Å². The van der Waals surface area contributed by atoms with Crippen LogP contribution in [0.3, 0.4) is 0 Å². The van der Waals surface area contributed by atoms with Gasteiger partial charge < -0.3 is 0 Å². The summed E-state index contributed by atoms with van der Waals surface area (Å²) in [6.07, 6.45) is 5.18. The third-order valence-corrected chi connectivity index (χ3v) is 3.82. The van der Waals surface area contributed by atoms with Gasteiger partial charge in [-0.2, -0.15) is 0 Å². The van der Waals surface area contributed by atoms with Gasteiger partial charge in [0.05, 0.1) is 11.0 Å². The van der Waals surface area contributed by atoms with Crippen LogP contribution in [0.25, 0.3) is 0 Å². The molecule has 0 spiro atoms. The Kier molecular flexibility index (Phi) is 4.58. The number of nitro benzene ring substituents is 1. The van der Waals surface area contributed by atoms with E-state index in [1.807, 2.05) is 0 Å². The Labute approximate surface area is 109 Å². The van der Waals surface area contributed by atoms with Crippen molar-refractivity contribution in [3.63, 3.8) is 0 Å². The highest BCUT2D eigenvalue weighted by Gasteiger charge is 2.23. The number of hydrogen-bond acceptors (Lipinski definition) is 4. The molecule has 8 heteroatoms. The van der Waals surface area contributed by atoms with E-state index in [0.29, 0.717) is 6.07 Å². The molecular weight excluding hydrogens is 275 g/mol. The van der Waals surface area contributed by atoms with Crippen LogP contribution in [0.2, 0.25) is 0 Å². The number of non-ortho nitro benzene ring substituents is 1. The van der Waals surface area contributed by atoms with Crippen molar-refractivity contribution in [1.29, 1.82) is 0 Å². The van der Waals surface area contributed by atoms with Crippen LogP contribution in [-0.4, -0.2) is 19.4 Å². The number of halogens is 1. The molecule has 0 saturated carbocycles. The number of rotatable bonds is 5. The summed E-state index contributed by atoms with van der Waals surface area (Å²) in [5.41, 5.74) is -0.520. The SMILES string of the molecule is C#CCC(C)NS(=O)(=O)c1ccc([N+](=O)[O-])cc1F. The monoisotopic (exact) mass is 286 g/mol. The second-order valence-corrected chi connectivity index (χ2v) is 5.48. The molecule has 0 saturated heterocycles. The van der Waals surface area contributed by atoms with E-state index in [-0.39, 0.29) is 6.42 Å². The van der Waals surface area contributed by atoms with E-state index < -0.39 is 37.4 Å². The maximum Gasteiger partial charge on any atom is 0.272 e. The minimum Gasteiger partial charge on any atom is -0.258 e. The van der Waals surface area contributed by atoms with Gasteiger partial charge in [-0.25, -0.2) is 17.5 Å². The Hall–Kier alpha value is -1.98. The van der Waals surface area contributed by atoms with Gasteiger partial charge in [0, 0.05) is 18.5 Å². The van der Waals surface area contributed by atoms with Crippen LogP contribution in [0.4, 0.5) is 10.1 Å². The third-order valence-electron chi connectivity index (χ3n) is 2.20. The van der Waals surface area contributed by atoms with Gasteiger partial charge >= 0.3 is 0 Å². The van der Waals surface area contributed by atoms with Crippen LogP contribution in [-0.2, 0) is 10.0 Å². The summed E-state index contributed by atoms with van der Waals surface area (Å²) < 4.78 is 39.4. The molecule has 0 fully saturated rings. The van der Waals surface area contributed by atoms with Gasteiger partial charge in [-0.05, 0) is 13.0 Å². The molecule has 0 aromatic heterocycles. The first kappa shape index (κ1) is 15.1. The fourth-order valence-corrected chi connectivity index (χ4v) is 2.67. The van der Waals surface area contributed by atoms with Gasteiger partial charge in [0.15, 0.2) is 0 Å². The van der Waals surface area contributed by atoms with E-state index in [2.05, 4.69) is 10.6 Å². The van der Waals surface area contributed by atoms with E-state index in [1.54, 1.807) is 0 Å². The summed E-state index contributed by atoms with van der Waals surface area (Å²) in [4.78, 5) is 8.97. The first-order chi connectivity index (χ1) is 8.77. The predicted octanol–water partition coefficient (Wildman–Crippen LogP) is 1.42. The topological polar surface area (TPSA) is 89.3 Å². The molecule has 102 valence electrons. The van der Waals surface area contributed by atoms with Crippen LogP contribution in [0, 0.1) is 28.3 Å². The summed E-state index contributed by atoms with van der Waals surface area (Å²) in [6.45, 7) is 1.53. The molecule has 0 radical (unpaired) electrons. The number of nitrogens with zero attached hydrogens (tertiary/aromatic N) is 1. The van der Waals surface area contributed by atoms with E-state index >= 15 is 0 Å². The molecule has 1 aromatic carbocycles. The van der Waals surface area contributed by atoms with Gasteiger partial charge in [0.25, 0.3) is 5.69 Å². The standard InChI is InChI=1S/C11H11FN2O4S/c1-3-4-8(2)13-19(17,18)11-6-5-9(14(15)16)7-10(11)12/h1,5-8,13H,4H2,2H3. The number of terminal acetylenes is 1. The molecule has 1 N–H and O–H groups in total. The Morgan fingerprint density at radius 1 is 1.58 bits per heavy atom. The highest BCUT2D eigenvalue weighted by Crippen LogP contribution is 2.20. The van der Waals surface area contributed by atoms with Crippen LogP contribution < -0.4 is 4.72 Å². The second-order valence-electron chi connectivity index (χ2n) is 3.80. The summed E-state index contributed by atoms with van der Waals surface area (Å²) in [5, 5.41) is 10.4.